The Balaban J connectivity index is 2.16. The molecule has 0 aliphatic rings. The predicted octanol–water partition coefficient (Wildman–Crippen LogP) is 3.08. The molecule has 0 bridgehead atoms. The van der Waals surface area contributed by atoms with E-state index >= 15 is 0 Å². The van der Waals surface area contributed by atoms with Gasteiger partial charge >= 0.3 is 5.97 Å². The van der Waals surface area contributed by atoms with E-state index in [0.29, 0.717) is 11.5 Å². The van der Waals surface area contributed by atoms with Crippen LogP contribution in [0.25, 0.3) is 0 Å². The Morgan fingerprint density at radius 2 is 1.46 bits per heavy atom. The summed E-state index contributed by atoms with van der Waals surface area (Å²) < 4.78 is 26.2. The van der Waals surface area contributed by atoms with Crippen molar-refractivity contribution < 1.29 is 28.5 Å². The first-order valence-corrected chi connectivity index (χ1v) is 7.23. The molecular formula is C18H20O6. The van der Waals surface area contributed by atoms with Crippen molar-refractivity contribution in [2.45, 2.75) is 6.61 Å². The largest absolute Gasteiger partial charge is 0.497 e. The fraction of sp³-hybridized carbons (Fsp3) is 0.278. The van der Waals surface area contributed by atoms with Crippen LogP contribution >= 0.6 is 0 Å². The van der Waals surface area contributed by atoms with Gasteiger partial charge in [-0.3, -0.25) is 0 Å². The van der Waals surface area contributed by atoms with E-state index < -0.39 is 5.97 Å². The Labute approximate surface area is 140 Å². The lowest BCUT2D eigenvalue weighted by Gasteiger charge is -2.15. The van der Waals surface area contributed by atoms with Gasteiger partial charge in [0.2, 0.25) is 5.75 Å². The highest BCUT2D eigenvalue weighted by molar-refractivity contribution is 5.94. The van der Waals surface area contributed by atoms with E-state index in [2.05, 4.69) is 0 Å². The molecule has 24 heavy (non-hydrogen) atoms. The van der Waals surface area contributed by atoms with Crippen LogP contribution in [0.5, 0.6) is 23.0 Å². The first kappa shape index (κ1) is 17.5. The van der Waals surface area contributed by atoms with Gasteiger partial charge in [0.05, 0.1) is 28.4 Å². The van der Waals surface area contributed by atoms with Crippen LogP contribution < -0.4 is 18.9 Å². The van der Waals surface area contributed by atoms with Crippen molar-refractivity contribution >= 4 is 5.97 Å². The van der Waals surface area contributed by atoms with Gasteiger partial charge in [-0.05, 0) is 29.8 Å². The van der Waals surface area contributed by atoms with Crippen LogP contribution in [0.2, 0.25) is 0 Å². The first-order chi connectivity index (χ1) is 11.6. The van der Waals surface area contributed by atoms with Crippen LogP contribution in [0.3, 0.4) is 0 Å². The second-order valence-corrected chi connectivity index (χ2v) is 4.81. The van der Waals surface area contributed by atoms with Crippen molar-refractivity contribution in [1.29, 1.82) is 0 Å². The Bertz CT molecular complexity index is 693. The topological polar surface area (TPSA) is 63.2 Å². The van der Waals surface area contributed by atoms with Gasteiger partial charge in [-0.15, -0.1) is 0 Å². The average molecular weight is 332 g/mol. The van der Waals surface area contributed by atoms with E-state index in [1.54, 1.807) is 31.4 Å². The molecule has 2 aromatic carbocycles. The van der Waals surface area contributed by atoms with Crippen LogP contribution in [-0.4, -0.2) is 34.4 Å². The summed E-state index contributed by atoms with van der Waals surface area (Å²) in [6.45, 7) is 0.139. The summed E-state index contributed by atoms with van der Waals surface area (Å²) in [5, 5.41) is 0. The normalized spacial score (nSPS) is 10.0. The Hall–Kier alpha value is -2.89. The number of hydrogen-bond acceptors (Lipinski definition) is 6. The molecule has 0 amide bonds. The lowest BCUT2D eigenvalue weighted by Crippen LogP contribution is -2.08. The number of benzene rings is 2. The summed E-state index contributed by atoms with van der Waals surface area (Å²) in [4.78, 5) is 12.4. The summed E-state index contributed by atoms with van der Waals surface area (Å²) >= 11 is 0. The van der Waals surface area contributed by atoms with Gasteiger partial charge < -0.3 is 23.7 Å². The minimum absolute atomic E-state index is 0.139. The number of hydrogen-bond donors (Lipinski definition) is 0. The zero-order chi connectivity index (χ0) is 17.5. The van der Waals surface area contributed by atoms with Crippen molar-refractivity contribution in [3.8, 4) is 23.0 Å². The maximum Gasteiger partial charge on any atom is 0.342 e. The third kappa shape index (κ3) is 3.71. The summed E-state index contributed by atoms with van der Waals surface area (Å²) in [5.74, 6) is 1.33. The molecule has 0 aliphatic carbocycles. The third-order valence-electron chi connectivity index (χ3n) is 3.45. The van der Waals surface area contributed by atoms with Crippen molar-refractivity contribution in [2.75, 3.05) is 28.4 Å². The summed E-state index contributed by atoms with van der Waals surface area (Å²) in [6.07, 6.45) is 0. The molecular weight excluding hydrogens is 312 g/mol. The van der Waals surface area contributed by atoms with E-state index in [1.165, 1.54) is 21.3 Å². The van der Waals surface area contributed by atoms with Crippen LogP contribution in [0.15, 0.2) is 36.4 Å². The molecule has 128 valence electrons. The standard InChI is InChI=1S/C18H20O6/c1-20-13-7-5-12(6-8-13)11-24-18(19)14-9-10-15(21-2)17(23-4)16(14)22-3/h5-10H,11H2,1-4H3. The van der Waals surface area contributed by atoms with E-state index in [4.69, 9.17) is 23.7 Å². The number of rotatable bonds is 7. The van der Waals surface area contributed by atoms with Gasteiger partial charge in [-0.2, -0.15) is 0 Å². The van der Waals surface area contributed by atoms with Gasteiger partial charge in [0.25, 0.3) is 0 Å². The number of ether oxygens (including phenoxy) is 5. The lowest BCUT2D eigenvalue weighted by atomic mass is 10.1. The maximum absolute atomic E-state index is 12.4. The van der Waals surface area contributed by atoms with Crippen LogP contribution in [0.4, 0.5) is 0 Å². The quantitative estimate of drug-likeness (QED) is 0.726. The van der Waals surface area contributed by atoms with Gasteiger partial charge in [0.15, 0.2) is 11.5 Å². The van der Waals surface area contributed by atoms with Crippen LogP contribution in [-0.2, 0) is 11.3 Å². The minimum atomic E-state index is -0.511. The number of carbonyl (C=O) groups excluding carboxylic acids is 1. The molecule has 0 fully saturated rings. The highest BCUT2D eigenvalue weighted by atomic mass is 16.5. The second kappa shape index (κ2) is 8.10. The predicted molar refractivity (Wildman–Crippen MR) is 88.2 cm³/mol. The van der Waals surface area contributed by atoms with E-state index in [0.717, 1.165) is 11.3 Å². The third-order valence-corrected chi connectivity index (χ3v) is 3.45. The van der Waals surface area contributed by atoms with Crippen LogP contribution in [0.1, 0.15) is 15.9 Å². The monoisotopic (exact) mass is 332 g/mol. The summed E-state index contributed by atoms with van der Waals surface area (Å²) in [6, 6.07) is 10.5. The molecule has 0 spiro atoms. The molecule has 2 aromatic rings. The van der Waals surface area contributed by atoms with Gasteiger partial charge in [-0.1, -0.05) is 12.1 Å². The lowest BCUT2D eigenvalue weighted by molar-refractivity contribution is 0.0468. The smallest absolute Gasteiger partial charge is 0.342 e. The second-order valence-electron chi connectivity index (χ2n) is 4.81. The van der Waals surface area contributed by atoms with Gasteiger partial charge in [0, 0.05) is 0 Å². The van der Waals surface area contributed by atoms with E-state index in [-0.39, 0.29) is 17.9 Å². The molecule has 0 saturated carbocycles. The molecule has 0 saturated heterocycles. The Kier molecular flexibility index (Phi) is 5.89. The zero-order valence-corrected chi connectivity index (χ0v) is 14.1. The molecule has 0 unspecified atom stereocenters. The average Bonchev–Trinajstić information content (AvgIpc) is 2.64. The fourth-order valence-corrected chi connectivity index (χ4v) is 2.21. The number of carbonyl (C=O) groups is 1. The molecule has 0 atom stereocenters. The highest BCUT2D eigenvalue weighted by Gasteiger charge is 2.21. The summed E-state index contributed by atoms with van der Waals surface area (Å²) in [7, 11) is 6.04. The molecule has 6 heteroatoms. The van der Waals surface area contributed by atoms with Gasteiger partial charge in [0.1, 0.15) is 17.9 Å². The highest BCUT2D eigenvalue weighted by Crippen LogP contribution is 2.40. The molecule has 0 N–H and O–H groups in total. The fourth-order valence-electron chi connectivity index (χ4n) is 2.21. The van der Waals surface area contributed by atoms with Crippen molar-refractivity contribution in [3.05, 3.63) is 47.5 Å². The Morgan fingerprint density at radius 1 is 0.792 bits per heavy atom. The van der Waals surface area contributed by atoms with Gasteiger partial charge in [-0.25, -0.2) is 4.79 Å². The Morgan fingerprint density at radius 3 is 2.00 bits per heavy atom. The SMILES string of the molecule is COc1ccc(COC(=O)c2ccc(OC)c(OC)c2OC)cc1. The van der Waals surface area contributed by atoms with Crippen molar-refractivity contribution in [2.24, 2.45) is 0 Å². The molecule has 0 aromatic heterocycles. The molecule has 0 heterocycles. The van der Waals surface area contributed by atoms with Crippen molar-refractivity contribution in [3.63, 3.8) is 0 Å². The summed E-state index contributed by atoms with van der Waals surface area (Å²) in [5.41, 5.74) is 1.12. The minimum Gasteiger partial charge on any atom is -0.497 e. The molecule has 0 aliphatic heterocycles. The number of esters is 1. The molecule has 2 rings (SSSR count). The van der Waals surface area contributed by atoms with Crippen molar-refractivity contribution in [1.82, 2.24) is 0 Å². The van der Waals surface area contributed by atoms with E-state index in [1.807, 2.05) is 12.1 Å². The molecule has 0 radical (unpaired) electrons. The molecule has 6 nitrogen and oxygen atoms in total. The maximum atomic E-state index is 12.4. The van der Waals surface area contributed by atoms with Crippen LogP contribution in [0, 0.1) is 0 Å². The first-order valence-electron chi connectivity index (χ1n) is 7.23. The zero-order valence-electron chi connectivity index (χ0n) is 14.1. The van der Waals surface area contributed by atoms with E-state index in [9.17, 15) is 4.79 Å². The number of methoxy groups -OCH3 is 4.